The number of ether oxygens (including phenoxy) is 1. The van der Waals surface area contributed by atoms with Gasteiger partial charge in [-0.25, -0.2) is 4.98 Å². The summed E-state index contributed by atoms with van der Waals surface area (Å²) in [4.78, 5) is 28.5. The first-order valence-corrected chi connectivity index (χ1v) is 11.6. The molecule has 0 bridgehead atoms. The number of rotatable bonds is 4. The van der Waals surface area contributed by atoms with Crippen molar-refractivity contribution in [2.75, 3.05) is 6.54 Å². The molecule has 2 saturated carbocycles. The van der Waals surface area contributed by atoms with E-state index >= 15 is 0 Å². The molecular weight excluding hydrogens is 457 g/mol. The van der Waals surface area contributed by atoms with Crippen LogP contribution in [0.4, 0.5) is 13.2 Å². The average molecular weight is 480 g/mol. The first-order valence-electron chi connectivity index (χ1n) is 11.6. The maximum atomic E-state index is 13.8. The van der Waals surface area contributed by atoms with E-state index in [9.17, 15) is 18.0 Å². The first kappa shape index (κ1) is 22.0. The number of pyridine rings is 3. The number of nitrogens with zero attached hydrogens (tertiary/aromatic N) is 4. The lowest BCUT2D eigenvalue weighted by Gasteiger charge is -2.46. The van der Waals surface area contributed by atoms with Crippen LogP contribution in [-0.2, 0) is 6.18 Å². The van der Waals surface area contributed by atoms with Gasteiger partial charge in [0.25, 0.3) is 5.91 Å². The van der Waals surface area contributed by atoms with Gasteiger partial charge in [0.05, 0.1) is 17.3 Å². The average Bonchev–Trinajstić information content (AvgIpc) is 3.47. The predicted octanol–water partition coefficient (Wildman–Crippen LogP) is 4.86. The fourth-order valence-corrected chi connectivity index (χ4v) is 5.85. The minimum atomic E-state index is -4.45. The lowest BCUT2D eigenvalue weighted by Crippen LogP contribution is -2.59. The molecule has 3 fully saturated rings. The third-order valence-corrected chi connectivity index (χ3v) is 7.64. The Morgan fingerprint density at radius 1 is 1.11 bits per heavy atom. The van der Waals surface area contributed by atoms with Crippen molar-refractivity contribution in [3.8, 4) is 17.1 Å². The molecule has 1 aliphatic heterocycles. The molecule has 3 aliphatic rings. The number of hydrogen-bond donors (Lipinski definition) is 0. The Morgan fingerprint density at radius 3 is 2.66 bits per heavy atom. The molecule has 0 aromatic carbocycles. The van der Waals surface area contributed by atoms with Crippen molar-refractivity contribution in [1.82, 2.24) is 19.9 Å². The lowest BCUT2D eigenvalue weighted by molar-refractivity contribution is -0.137. The van der Waals surface area contributed by atoms with E-state index in [1.54, 1.807) is 12.4 Å². The highest BCUT2D eigenvalue weighted by molar-refractivity contribution is 5.99. The van der Waals surface area contributed by atoms with Crippen LogP contribution in [0, 0.1) is 25.2 Å². The molecule has 0 radical (unpaired) electrons. The summed E-state index contributed by atoms with van der Waals surface area (Å²) in [5.41, 5.74) is 2.88. The third-order valence-electron chi connectivity index (χ3n) is 7.64. The van der Waals surface area contributed by atoms with Crippen LogP contribution >= 0.6 is 0 Å². The van der Waals surface area contributed by atoms with Gasteiger partial charge in [-0.2, -0.15) is 13.2 Å². The molecular formula is C26H23F3N4O2. The molecule has 4 unspecified atom stereocenters. The summed E-state index contributed by atoms with van der Waals surface area (Å²) in [6.45, 7) is 4.50. The highest BCUT2D eigenvalue weighted by Gasteiger charge is 2.76. The Labute approximate surface area is 200 Å². The summed E-state index contributed by atoms with van der Waals surface area (Å²) in [6.07, 6.45) is 1.19. The molecule has 6 rings (SSSR count). The van der Waals surface area contributed by atoms with Crippen molar-refractivity contribution in [2.24, 2.45) is 11.3 Å². The number of halogens is 3. The fourth-order valence-electron chi connectivity index (χ4n) is 5.85. The normalized spacial score (nSPS) is 26.5. The maximum absolute atomic E-state index is 13.8. The second-order valence-corrected chi connectivity index (χ2v) is 9.86. The Bertz CT molecular complexity index is 1330. The Kier molecular flexibility index (Phi) is 4.72. The number of carbonyl (C=O) groups excluding carboxylic acids is 1. The molecule has 1 spiro atoms. The van der Waals surface area contributed by atoms with Gasteiger partial charge in [-0.15, -0.1) is 0 Å². The smallest absolute Gasteiger partial charge is 0.417 e. The summed E-state index contributed by atoms with van der Waals surface area (Å²) in [7, 11) is 0. The number of piperidine rings is 1. The zero-order chi connectivity index (χ0) is 24.5. The molecule has 6 nitrogen and oxygen atoms in total. The van der Waals surface area contributed by atoms with Crippen LogP contribution in [0.25, 0.3) is 11.3 Å². The van der Waals surface area contributed by atoms with E-state index < -0.39 is 11.7 Å². The molecule has 4 heterocycles. The van der Waals surface area contributed by atoms with Gasteiger partial charge in [0.1, 0.15) is 11.8 Å². The van der Waals surface area contributed by atoms with E-state index in [1.165, 1.54) is 6.07 Å². The zero-order valence-electron chi connectivity index (χ0n) is 19.2. The van der Waals surface area contributed by atoms with Crippen molar-refractivity contribution in [1.29, 1.82) is 0 Å². The van der Waals surface area contributed by atoms with E-state index in [1.807, 2.05) is 36.9 Å². The summed E-state index contributed by atoms with van der Waals surface area (Å²) in [6, 6.07) is 7.79. The van der Waals surface area contributed by atoms with Gasteiger partial charge in [-0.05, 0) is 61.9 Å². The highest BCUT2D eigenvalue weighted by Crippen LogP contribution is 2.71. The van der Waals surface area contributed by atoms with E-state index in [2.05, 4.69) is 15.0 Å². The van der Waals surface area contributed by atoms with E-state index in [0.29, 0.717) is 23.7 Å². The minimum absolute atomic E-state index is 0.0397. The SMILES string of the molecule is Cc1cnc(C(=O)N2CC3CC34CC(Oc3ccc(C(F)(F)F)cn3)C24)c(-c2ncccc2C)c1. The topological polar surface area (TPSA) is 68.2 Å². The lowest BCUT2D eigenvalue weighted by atomic mass is 9.73. The Hall–Kier alpha value is -3.49. The number of aromatic nitrogens is 3. The second kappa shape index (κ2) is 7.50. The third kappa shape index (κ3) is 3.47. The number of aryl methyl sites for hydroxylation is 2. The molecule has 9 heteroatoms. The van der Waals surface area contributed by atoms with Gasteiger partial charge < -0.3 is 9.64 Å². The van der Waals surface area contributed by atoms with Crippen molar-refractivity contribution >= 4 is 5.91 Å². The standard InChI is InChI=1S/C26H23F3N4O2/c1-14-8-18(21-15(2)4-3-7-30-21)22(32-11-14)24(34)33-13-17-9-25(17)10-19(23(25)33)35-20-6-5-16(12-31-20)26(27,28)29/h3-8,11-12,17,19,23H,9-10,13H2,1-2H3. The largest absolute Gasteiger partial charge is 0.472 e. The summed E-state index contributed by atoms with van der Waals surface area (Å²) in [5.74, 6) is 0.380. The van der Waals surface area contributed by atoms with Crippen molar-refractivity contribution < 1.29 is 22.7 Å². The number of amides is 1. The maximum Gasteiger partial charge on any atom is 0.417 e. The van der Waals surface area contributed by atoms with Crippen LogP contribution in [0.5, 0.6) is 5.88 Å². The van der Waals surface area contributed by atoms with Crippen LogP contribution in [-0.4, -0.2) is 44.4 Å². The van der Waals surface area contributed by atoms with Gasteiger partial charge in [0.15, 0.2) is 0 Å². The summed E-state index contributed by atoms with van der Waals surface area (Å²) < 4.78 is 44.6. The van der Waals surface area contributed by atoms with E-state index in [-0.39, 0.29) is 29.3 Å². The fraction of sp³-hybridized carbons (Fsp3) is 0.385. The molecule has 1 saturated heterocycles. The Balaban J connectivity index is 1.27. The molecule has 1 amide bonds. The first-order chi connectivity index (χ1) is 16.7. The van der Waals surface area contributed by atoms with Crippen molar-refractivity contribution in [3.05, 3.63) is 71.3 Å². The monoisotopic (exact) mass is 480 g/mol. The van der Waals surface area contributed by atoms with Crippen LogP contribution in [0.15, 0.2) is 48.9 Å². The second-order valence-electron chi connectivity index (χ2n) is 9.86. The van der Waals surface area contributed by atoms with Gasteiger partial charge >= 0.3 is 6.18 Å². The Morgan fingerprint density at radius 2 is 1.94 bits per heavy atom. The highest BCUT2D eigenvalue weighted by atomic mass is 19.4. The van der Waals surface area contributed by atoms with E-state index in [4.69, 9.17) is 4.74 Å². The number of carbonyl (C=O) groups is 1. The number of alkyl halides is 3. The van der Waals surface area contributed by atoms with Crippen LogP contribution in [0.2, 0.25) is 0 Å². The van der Waals surface area contributed by atoms with Gasteiger partial charge in [-0.1, -0.05) is 6.07 Å². The molecule has 180 valence electrons. The molecule has 0 N–H and O–H groups in total. The van der Waals surface area contributed by atoms with Gasteiger partial charge in [0, 0.05) is 42.2 Å². The number of likely N-dealkylation sites (tertiary alicyclic amines) is 1. The molecule has 3 aromatic rings. The van der Waals surface area contributed by atoms with Crippen LogP contribution < -0.4 is 4.74 Å². The predicted molar refractivity (Wildman–Crippen MR) is 121 cm³/mol. The van der Waals surface area contributed by atoms with Crippen molar-refractivity contribution in [3.63, 3.8) is 0 Å². The number of hydrogen-bond acceptors (Lipinski definition) is 5. The van der Waals surface area contributed by atoms with Crippen LogP contribution in [0.3, 0.4) is 0 Å². The molecule has 3 aromatic heterocycles. The summed E-state index contributed by atoms with van der Waals surface area (Å²) in [5, 5.41) is 0. The minimum Gasteiger partial charge on any atom is -0.472 e. The van der Waals surface area contributed by atoms with Gasteiger partial charge in [-0.3, -0.25) is 14.8 Å². The molecule has 2 aliphatic carbocycles. The van der Waals surface area contributed by atoms with Crippen LogP contribution in [0.1, 0.15) is 40.0 Å². The summed E-state index contributed by atoms with van der Waals surface area (Å²) >= 11 is 0. The zero-order valence-corrected chi connectivity index (χ0v) is 19.2. The quantitative estimate of drug-likeness (QED) is 0.534. The molecule has 35 heavy (non-hydrogen) atoms. The van der Waals surface area contributed by atoms with Gasteiger partial charge in [0.2, 0.25) is 5.88 Å². The molecule has 4 atom stereocenters. The van der Waals surface area contributed by atoms with Crippen molar-refractivity contribution in [2.45, 2.75) is 45.0 Å². The van der Waals surface area contributed by atoms with E-state index in [0.717, 1.165) is 41.9 Å².